The second kappa shape index (κ2) is 9.73. The molecule has 0 aromatic heterocycles. The predicted octanol–water partition coefficient (Wildman–Crippen LogP) is 2.01. The third-order valence-electron chi connectivity index (χ3n) is 3.42. The molecule has 1 aromatic rings. The van der Waals surface area contributed by atoms with E-state index in [1.165, 1.54) is 0 Å². The minimum Gasteiger partial charge on any atom is -0.508 e. The Balaban J connectivity index is 2.43. The Bertz CT molecular complexity index is 504. The van der Waals surface area contributed by atoms with Crippen LogP contribution >= 0.6 is 0 Å². The molecule has 0 saturated heterocycles. The maximum absolute atomic E-state index is 11.8. The molecule has 0 aliphatic carbocycles. The molecule has 0 aliphatic heterocycles. The van der Waals surface area contributed by atoms with Crippen molar-refractivity contribution in [3.05, 3.63) is 41.5 Å². The highest BCUT2D eigenvalue weighted by molar-refractivity contribution is 5.77. The number of phenols is 1. The number of aliphatic hydroxyl groups is 1. The van der Waals surface area contributed by atoms with E-state index in [0.717, 1.165) is 5.56 Å². The van der Waals surface area contributed by atoms with Crippen molar-refractivity contribution in [2.24, 2.45) is 5.92 Å². The molecule has 0 radical (unpaired) electrons. The first-order valence-corrected chi connectivity index (χ1v) is 7.26. The van der Waals surface area contributed by atoms with Gasteiger partial charge in [-0.15, -0.1) is 0 Å². The van der Waals surface area contributed by atoms with Crippen LogP contribution in [0, 0.1) is 5.92 Å². The number of aromatic hydroxyl groups is 1. The molecule has 5 heteroatoms. The van der Waals surface area contributed by atoms with E-state index in [2.05, 4.69) is 0 Å². The number of phenolic OH excluding ortho intramolecular Hbond substituents is 1. The highest BCUT2D eigenvalue weighted by Crippen LogP contribution is 2.18. The van der Waals surface area contributed by atoms with Crippen LogP contribution in [0.4, 0.5) is 0 Å². The summed E-state index contributed by atoms with van der Waals surface area (Å²) in [5.41, 5.74) is 1.46. The fraction of sp³-hybridized carbons (Fsp3) is 0.412. The fourth-order valence-corrected chi connectivity index (χ4v) is 2.15. The van der Waals surface area contributed by atoms with Gasteiger partial charge in [0.15, 0.2) is 0 Å². The van der Waals surface area contributed by atoms with Gasteiger partial charge in [0.2, 0.25) is 0 Å². The Morgan fingerprint density at radius 3 is 2.55 bits per heavy atom. The zero-order valence-corrected chi connectivity index (χ0v) is 12.7. The lowest BCUT2D eigenvalue weighted by molar-refractivity contribution is -0.144. The standard InChI is InChI=1S/C17H22O5/c1-2-14(12-19)15(7-9-18)11-17(21)22-10-8-13-3-5-16(20)6-4-13/h2-6,12,15,18,20H,7-11H2,1H3/b14-2-. The molecular formula is C17H22O5. The molecule has 0 amide bonds. The summed E-state index contributed by atoms with van der Waals surface area (Å²) in [6.45, 7) is 1.88. The van der Waals surface area contributed by atoms with Crippen molar-refractivity contribution < 1.29 is 24.5 Å². The summed E-state index contributed by atoms with van der Waals surface area (Å²) < 4.78 is 5.17. The monoisotopic (exact) mass is 306 g/mol. The van der Waals surface area contributed by atoms with E-state index in [1.807, 2.05) is 0 Å². The van der Waals surface area contributed by atoms with Crippen LogP contribution in [0.1, 0.15) is 25.3 Å². The Morgan fingerprint density at radius 2 is 2.00 bits per heavy atom. The lowest BCUT2D eigenvalue weighted by Crippen LogP contribution is -2.16. The summed E-state index contributed by atoms with van der Waals surface area (Å²) >= 11 is 0. The highest BCUT2D eigenvalue weighted by atomic mass is 16.5. The summed E-state index contributed by atoms with van der Waals surface area (Å²) in [5, 5.41) is 18.2. The van der Waals surface area contributed by atoms with Crippen molar-refractivity contribution in [3.8, 4) is 5.75 Å². The van der Waals surface area contributed by atoms with Crippen LogP contribution in [0.5, 0.6) is 5.75 Å². The molecule has 2 N–H and O–H groups in total. The molecule has 1 atom stereocenters. The normalized spacial score (nSPS) is 12.7. The zero-order valence-electron chi connectivity index (χ0n) is 12.7. The molecule has 22 heavy (non-hydrogen) atoms. The van der Waals surface area contributed by atoms with E-state index >= 15 is 0 Å². The molecule has 0 fully saturated rings. The molecule has 0 heterocycles. The van der Waals surface area contributed by atoms with E-state index < -0.39 is 5.97 Å². The van der Waals surface area contributed by atoms with Crippen LogP contribution in [0.15, 0.2) is 35.9 Å². The van der Waals surface area contributed by atoms with Gasteiger partial charge in [0.1, 0.15) is 12.0 Å². The number of allylic oxidation sites excluding steroid dienone is 2. The smallest absolute Gasteiger partial charge is 0.306 e. The highest BCUT2D eigenvalue weighted by Gasteiger charge is 2.18. The van der Waals surface area contributed by atoms with Crippen LogP contribution in [0.3, 0.4) is 0 Å². The van der Waals surface area contributed by atoms with Crippen LogP contribution in [0.2, 0.25) is 0 Å². The van der Waals surface area contributed by atoms with Gasteiger partial charge in [0.05, 0.1) is 13.0 Å². The molecule has 0 bridgehead atoms. The first-order chi connectivity index (χ1) is 10.6. The van der Waals surface area contributed by atoms with Crippen LogP contribution in [0.25, 0.3) is 0 Å². The lowest BCUT2D eigenvalue weighted by Gasteiger charge is -2.15. The summed E-state index contributed by atoms with van der Waals surface area (Å²) in [7, 11) is 0. The molecule has 0 spiro atoms. The molecular weight excluding hydrogens is 284 g/mol. The van der Waals surface area contributed by atoms with Gasteiger partial charge in [0.25, 0.3) is 0 Å². The van der Waals surface area contributed by atoms with Crippen molar-refractivity contribution in [1.82, 2.24) is 0 Å². The minimum atomic E-state index is -0.390. The molecule has 1 unspecified atom stereocenters. The van der Waals surface area contributed by atoms with Crippen molar-refractivity contribution in [3.63, 3.8) is 0 Å². The summed E-state index contributed by atoms with van der Waals surface area (Å²) in [5.74, 6) is -0.507. The molecule has 120 valence electrons. The lowest BCUT2D eigenvalue weighted by atomic mass is 9.93. The van der Waals surface area contributed by atoms with E-state index in [4.69, 9.17) is 9.84 Å². The second-order valence-corrected chi connectivity index (χ2v) is 4.96. The summed E-state index contributed by atoms with van der Waals surface area (Å²) in [6, 6.07) is 6.69. The second-order valence-electron chi connectivity index (χ2n) is 4.96. The average Bonchev–Trinajstić information content (AvgIpc) is 2.50. The fourth-order valence-electron chi connectivity index (χ4n) is 2.15. The number of aliphatic hydroxyl groups excluding tert-OH is 1. The van der Waals surface area contributed by atoms with Gasteiger partial charge in [-0.3, -0.25) is 9.59 Å². The Kier molecular flexibility index (Phi) is 7.92. The molecule has 0 aliphatic rings. The van der Waals surface area contributed by atoms with Gasteiger partial charge in [0, 0.05) is 13.0 Å². The largest absolute Gasteiger partial charge is 0.508 e. The maximum Gasteiger partial charge on any atom is 0.306 e. The van der Waals surface area contributed by atoms with Gasteiger partial charge >= 0.3 is 5.97 Å². The molecule has 5 nitrogen and oxygen atoms in total. The minimum absolute atomic E-state index is 0.0779. The van der Waals surface area contributed by atoms with E-state index in [0.29, 0.717) is 24.7 Å². The predicted molar refractivity (Wildman–Crippen MR) is 82.4 cm³/mol. The van der Waals surface area contributed by atoms with Crippen molar-refractivity contribution in [2.75, 3.05) is 13.2 Å². The summed E-state index contributed by atoms with van der Waals surface area (Å²) in [4.78, 5) is 22.8. The Morgan fingerprint density at radius 1 is 1.32 bits per heavy atom. The Labute approximate surface area is 130 Å². The number of ether oxygens (including phenoxy) is 1. The number of carbonyl (C=O) groups excluding carboxylic acids is 2. The van der Waals surface area contributed by atoms with Crippen LogP contribution in [-0.4, -0.2) is 35.7 Å². The number of hydrogen-bond donors (Lipinski definition) is 2. The van der Waals surface area contributed by atoms with Crippen LogP contribution in [-0.2, 0) is 20.7 Å². The van der Waals surface area contributed by atoms with Gasteiger partial charge in [-0.1, -0.05) is 18.2 Å². The quantitative estimate of drug-likeness (QED) is 0.414. The van der Waals surface area contributed by atoms with E-state index in [1.54, 1.807) is 37.3 Å². The van der Waals surface area contributed by atoms with Gasteiger partial charge < -0.3 is 14.9 Å². The topological polar surface area (TPSA) is 83.8 Å². The number of hydrogen-bond acceptors (Lipinski definition) is 5. The first-order valence-electron chi connectivity index (χ1n) is 7.26. The number of esters is 1. The SMILES string of the molecule is C/C=C(/C=O)C(CCO)CC(=O)OCCc1ccc(O)cc1. The number of rotatable bonds is 9. The summed E-state index contributed by atoms with van der Waals surface area (Å²) in [6.07, 6.45) is 3.35. The third-order valence-corrected chi connectivity index (χ3v) is 3.42. The van der Waals surface area contributed by atoms with Gasteiger partial charge in [-0.25, -0.2) is 0 Å². The van der Waals surface area contributed by atoms with Gasteiger partial charge in [-0.05, 0) is 42.5 Å². The average molecular weight is 306 g/mol. The number of aldehydes is 1. The van der Waals surface area contributed by atoms with Crippen LogP contribution < -0.4 is 0 Å². The number of benzene rings is 1. The molecule has 1 aromatic carbocycles. The number of carbonyl (C=O) groups is 2. The van der Waals surface area contributed by atoms with Crippen molar-refractivity contribution in [1.29, 1.82) is 0 Å². The van der Waals surface area contributed by atoms with E-state index in [-0.39, 0.29) is 31.3 Å². The third kappa shape index (κ3) is 6.10. The first kappa shape index (κ1) is 17.9. The molecule has 0 saturated carbocycles. The Hall–Kier alpha value is -2.14. The van der Waals surface area contributed by atoms with E-state index in [9.17, 15) is 14.7 Å². The maximum atomic E-state index is 11.8. The zero-order chi connectivity index (χ0) is 16.4. The van der Waals surface area contributed by atoms with Crippen molar-refractivity contribution >= 4 is 12.3 Å². The molecule has 1 rings (SSSR count). The van der Waals surface area contributed by atoms with Gasteiger partial charge in [-0.2, -0.15) is 0 Å². The van der Waals surface area contributed by atoms with Crippen molar-refractivity contribution in [2.45, 2.75) is 26.2 Å².